The van der Waals surface area contributed by atoms with Crippen LogP contribution in [-0.4, -0.2) is 33.3 Å². The Labute approximate surface area is 115 Å². The molecule has 0 atom stereocenters. The number of fused-ring (bicyclic) bond motifs is 1. The lowest BCUT2D eigenvalue weighted by molar-refractivity contribution is -0.138. The third-order valence-corrected chi connectivity index (χ3v) is 3.01. The fourth-order valence-corrected chi connectivity index (χ4v) is 2.16. The zero-order valence-electron chi connectivity index (χ0n) is 10.9. The molecule has 1 heterocycles. The molecule has 1 aromatic heterocycles. The molecular weight excluding hydrogens is 260 g/mol. The molecule has 2 rings (SSSR count). The summed E-state index contributed by atoms with van der Waals surface area (Å²) in [6.45, 7) is 0.809. The van der Waals surface area contributed by atoms with Gasteiger partial charge in [-0.05, 0) is 11.6 Å². The van der Waals surface area contributed by atoms with E-state index in [0.29, 0.717) is 13.1 Å². The van der Waals surface area contributed by atoms with E-state index in [2.05, 4.69) is 5.32 Å². The van der Waals surface area contributed by atoms with E-state index in [1.54, 1.807) is 10.8 Å². The molecule has 0 saturated carbocycles. The van der Waals surface area contributed by atoms with Gasteiger partial charge in [0.1, 0.15) is 6.54 Å². The van der Waals surface area contributed by atoms with Gasteiger partial charge in [0.05, 0.1) is 6.42 Å². The van der Waals surface area contributed by atoms with Crippen LogP contribution in [-0.2, 0) is 22.7 Å². The largest absolute Gasteiger partial charge is 0.481 e. The maximum Gasteiger partial charge on any atom is 0.323 e. The molecule has 1 aromatic carbocycles. The molecule has 3 N–H and O–H groups in total. The molecular formula is C14H16N2O4. The minimum absolute atomic E-state index is 0.0633. The SMILES string of the molecule is O=C(O)CCNCc1cn(CC(=O)O)c2ccccc12. The maximum atomic E-state index is 10.9. The van der Waals surface area contributed by atoms with Crippen molar-refractivity contribution >= 4 is 22.8 Å². The second-order valence-corrected chi connectivity index (χ2v) is 4.51. The van der Waals surface area contributed by atoms with Crippen molar-refractivity contribution in [1.82, 2.24) is 9.88 Å². The van der Waals surface area contributed by atoms with Gasteiger partial charge in [0.2, 0.25) is 0 Å². The molecule has 0 aliphatic rings. The van der Waals surface area contributed by atoms with Crippen molar-refractivity contribution in [3.05, 3.63) is 36.0 Å². The molecule has 106 valence electrons. The van der Waals surface area contributed by atoms with Gasteiger partial charge in [0.15, 0.2) is 0 Å². The van der Waals surface area contributed by atoms with E-state index in [1.165, 1.54) is 0 Å². The average molecular weight is 276 g/mol. The summed E-state index contributed by atoms with van der Waals surface area (Å²) in [5.41, 5.74) is 1.83. The average Bonchev–Trinajstić information content (AvgIpc) is 2.73. The first kappa shape index (κ1) is 14.1. The number of rotatable bonds is 7. The van der Waals surface area contributed by atoms with Crippen molar-refractivity contribution in [1.29, 1.82) is 0 Å². The Morgan fingerprint density at radius 1 is 1.15 bits per heavy atom. The highest BCUT2D eigenvalue weighted by molar-refractivity contribution is 5.85. The number of aliphatic carboxylic acids is 2. The first-order valence-corrected chi connectivity index (χ1v) is 6.29. The van der Waals surface area contributed by atoms with Crippen LogP contribution >= 0.6 is 0 Å². The standard InChI is InChI=1S/C14H16N2O4/c17-13(18)5-6-15-7-10-8-16(9-14(19)20)12-4-2-1-3-11(10)12/h1-4,8,15H,5-7,9H2,(H,17,18)(H,19,20). The quantitative estimate of drug-likeness (QED) is 0.663. The van der Waals surface area contributed by atoms with Gasteiger partial charge in [-0.15, -0.1) is 0 Å². The number of para-hydroxylation sites is 1. The highest BCUT2D eigenvalue weighted by Crippen LogP contribution is 2.21. The summed E-state index contributed by atoms with van der Waals surface area (Å²) in [4.78, 5) is 21.3. The van der Waals surface area contributed by atoms with Crippen molar-refractivity contribution < 1.29 is 19.8 Å². The highest BCUT2D eigenvalue weighted by Gasteiger charge is 2.09. The van der Waals surface area contributed by atoms with Crippen LogP contribution in [0.4, 0.5) is 0 Å². The van der Waals surface area contributed by atoms with E-state index in [4.69, 9.17) is 10.2 Å². The Hall–Kier alpha value is -2.34. The minimum atomic E-state index is -0.892. The van der Waals surface area contributed by atoms with Crippen molar-refractivity contribution in [3.8, 4) is 0 Å². The lowest BCUT2D eigenvalue weighted by atomic mass is 10.2. The van der Waals surface area contributed by atoms with Gasteiger partial charge in [-0.3, -0.25) is 9.59 Å². The normalized spacial score (nSPS) is 10.8. The first-order chi connectivity index (χ1) is 9.58. The predicted octanol–water partition coefficient (Wildman–Crippen LogP) is 1.29. The van der Waals surface area contributed by atoms with Gasteiger partial charge in [-0.2, -0.15) is 0 Å². The molecule has 0 radical (unpaired) electrons. The summed E-state index contributed by atoms with van der Waals surface area (Å²) in [6.07, 6.45) is 1.86. The molecule has 0 fully saturated rings. The number of aromatic nitrogens is 1. The molecule has 0 amide bonds. The van der Waals surface area contributed by atoms with Crippen LogP contribution in [0.1, 0.15) is 12.0 Å². The van der Waals surface area contributed by atoms with Crippen LogP contribution in [0, 0.1) is 0 Å². The van der Waals surface area contributed by atoms with Crippen LogP contribution < -0.4 is 5.32 Å². The fourth-order valence-electron chi connectivity index (χ4n) is 2.16. The minimum Gasteiger partial charge on any atom is -0.481 e. The zero-order chi connectivity index (χ0) is 14.5. The fraction of sp³-hybridized carbons (Fsp3) is 0.286. The zero-order valence-corrected chi connectivity index (χ0v) is 10.9. The lowest BCUT2D eigenvalue weighted by Gasteiger charge is -2.01. The number of benzene rings is 1. The molecule has 0 aliphatic carbocycles. The summed E-state index contributed by atoms with van der Waals surface area (Å²) in [6, 6.07) is 7.57. The molecule has 2 aromatic rings. The van der Waals surface area contributed by atoms with Gasteiger partial charge in [-0.1, -0.05) is 18.2 Å². The Balaban J connectivity index is 2.16. The molecule has 6 nitrogen and oxygen atoms in total. The van der Waals surface area contributed by atoms with Gasteiger partial charge in [-0.25, -0.2) is 0 Å². The first-order valence-electron chi connectivity index (χ1n) is 6.29. The van der Waals surface area contributed by atoms with E-state index >= 15 is 0 Å². The number of carboxylic acid groups (broad SMARTS) is 2. The summed E-state index contributed by atoms with van der Waals surface area (Å²) in [7, 11) is 0. The van der Waals surface area contributed by atoms with Crippen molar-refractivity contribution in [2.75, 3.05) is 6.54 Å². The summed E-state index contributed by atoms with van der Waals surface area (Å²) in [5.74, 6) is -1.73. The van der Waals surface area contributed by atoms with Gasteiger partial charge >= 0.3 is 11.9 Å². The predicted molar refractivity (Wildman–Crippen MR) is 73.5 cm³/mol. The van der Waals surface area contributed by atoms with Crippen LogP contribution in [0.15, 0.2) is 30.5 Å². The molecule has 0 bridgehead atoms. The van der Waals surface area contributed by atoms with Crippen LogP contribution in [0.3, 0.4) is 0 Å². The second kappa shape index (κ2) is 6.21. The van der Waals surface area contributed by atoms with Gasteiger partial charge < -0.3 is 20.1 Å². The molecule has 0 spiro atoms. The van der Waals surface area contributed by atoms with Crippen molar-refractivity contribution in [3.63, 3.8) is 0 Å². The third kappa shape index (κ3) is 3.36. The van der Waals surface area contributed by atoms with E-state index in [9.17, 15) is 9.59 Å². The smallest absolute Gasteiger partial charge is 0.323 e. The number of carboxylic acids is 2. The number of carbonyl (C=O) groups is 2. The molecule has 0 saturated heterocycles. The van der Waals surface area contributed by atoms with E-state index in [1.807, 2.05) is 24.3 Å². The molecule has 0 unspecified atom stereocenters. The number of nitrogens with one attached hydrogen (secondary N) is 1. The maximum absolute atomic E-state index is 10.9. The summed E-state index contributed by atoms with van der Waals surface area (Å²) in [5, 5.41) is 21.5. The highest BCUT2D eigenvalue weighted by atomic mass is 16.4. The van der Waals surface area contributed by atoms with Crippen LogP contribution in [0.25, 0.3) is 10.9 Å². The molecule has 20 heavy (non-hydrogen) atoms. The van der Waals surface area contributed by atoms with Crippen molar-refractivity contribution in [2.45, 2.75) is 19.5 Å². The number of nitrogens with zero attached hydrogens (tertiary/aromatic N) is 1. The Bertz CT molecular complexity index is 633. The Morgan fingerprint density at radius 3 is 2.60 bits per heavy atom. The third-order valence-electron chi connectivity index (χ3n) is 3.01. The number of hydrogen-bond acceptors (Lipinski definition) is 3. The summed E-state index contributed by atoms with van der Waals surface area (Å²) >= 11 is 0. The monoisotopic (exact) mass is 276 g/mol. The second-order valence-electron chi connectivity index (χ2n) is 4.51. The van der Waals surface area contributed by atoms with E-state index in [-0.39, 0.29) is 13.0 Å². The van der Waals surface area contributed by atoms with Crippen LogP contribution in [0.5, 0.6) is 0 Å². The number of hydrogen-bond donors (Lipinski definition) is 3. The Morgan fingerprint density at radius 2 is 1.90 bits per heavy atom. The van der Waals surface area contributed by atoms with Gasteiger partial charge in [0, 0.05) is 30.2 Å². The van der Waals surface area contributed by atoms with Gasteiger partial charge in [0.25, 0.3) is 0 Å². The Kier molecular flexibility index (Phi) is 4.37. The summed E-state index contributed by atoms with van der Waals surface area (Å²) < 4.78 is 1.69. The molecule has 6 heteroatoms. The van der Waals surface area contributed by atoms with E-state index in [0.717, 1.165) is 16.5 Å². The molecule has 0 aliphatic heterocycles. The van der Waals surface area contributed by atoms with Crippen LogP contribution in [0.2, 0.25) is 0 Å². The lowest BCUT2D eigenvalue weighted by Crippen LogP contribution is -2.17. The topological polar surface area (TPSA) is 91.6 Å². The van der Waals surface area contributed by atoms with E-state index < -0.39 is 11.9 Å². The van der Waals surface area contributed by atoms with Crippen molar-refractivity contribution in [2.24, 2.45) is 0 Å².